The summed E-state index contributed by atoms with van der Waals surface area (Å²) in [5.41, 5.74) is 7.01. The van der Waals surface area contributed by atoms with Crippen molar-refractivity contribution in [3.63, 3.8) is 0 Å². The van der Waals surface area contributed by atoms with Gasteiger partial charge in [0.05, 0.1) is 12.8 Å². The predicted octanol–water partition coefficient (Wildman–Crippen LogP) is 2.54. The molecule has 0 atom stereocenters. The second-order valence-corrected chi connectivity index (χ2v) is 5.06. The van der Waals surface area contributed by atoms with E-state index in [9.17, 15) is 4.79 Å². The Bertz CT molecular complexity index is 454. The van der Waals surface area contributed by atoms with E-state index in [-0.39, 0.29) is 6.03 Å². The lowest BCUT2D eigenvalue weighted by Gasteiger charge is -2.30. The van der Waals surface area contributed by atoms with Crippen LogP contribution in [0.15, 0.2) is 18.2 Å². The lowest BCUT2D eigenvalue weighted by molar-refractivity contribution is 0.186. The van der Waals surface area contributed by atoms with Gasteiger partial charge in [0, 0.05) is 24.8 Å². The molecule has 5 heteroatoms. The maximum absolute atomic E-state index is 12.1. The third-order valence-electron chi connectivity index (χ3n) is 3.56. The number of nitrogens with one attached hydrogen (secondary N) is 1. The number of carbonyl (C=O) groups is 1. The van der Waals surface area contributed by atoms with Crippen LogP contribution in [0.1, 0.15) is 19.8 Å². The molecule has 0 radical (unpaired) electrons. The summed E-state index contributed by atoms with van der Waals surface area (Å²) in [7, 11) is 1.56. The normalized spacial score (nSPS) is 16.2. The number of nitrogens with two attached hydrogens (primary N) is 1. The molecule has 5 nitrogen and oxygen atoms in total. The highest BCUT2D eigenvalue weighted by Crippen LogP contribution is 2.25. The Labute approximate surface area is 113 Å². The minimum Gasteiger partial charge on any atom is -0.495 e. The number of nitrogen functional groups attached to an aromatic ring is 1. The van der Waals surface area contributed by atoms with Crippen molar-refractivity contribution >= 4 is 17.4 Å². The van der Waals surface area contributed by atoms with Crippen molar-refractivity contribution in [3.05, 3.63) is 18.2 Å². The van der Waals surface area contributed by atoms with Crippen LogP contribution in [0.2, 0.25) is 0 Å². The number of likely N-dealkylation sites (tertiary alicyclic amines) is 1. The van der Waals surface area contributed by atoms with Crippen LogP contribution in [0.4, 0.5) is 16.2 Å². The van der Waals surface area contributed by atoms with Gasteiger partial charge in [-0.15, -0.1) is 0 Å². The number of hydrogen-bond acceptors (Lipinski definition) is 3. The molecule has 104 valence electrons. The summed E-state index contributed by atoms with van der Waals surface area (Å²) >= 11 is 0. The van der Waals surface area contributed by atoms with Crippen molar-refractivity contribution in [1.82, 2.24) is 4.90 Å². The van der Waals surface area contributed by atoms with E-state index < -0.39 is 0 Å². The van der Waals surface area contributed by atoms with Crippen molar-refractivity contribution in [2.45, 2.75) is 19.8 Å². The molecule has 0 bridgehead atoms. The van der Waals surface area contributed by atoms with Gasteiger partial charge in [-0.05, 0) is 30.9 Å². The molecule has 0 aliphatic carbocycles. The molecule has 19 heavy (non-hydrogen) atoms. The van der Waals surface area contributed by atoms with Crippen LogP contribution in [0.5, 0.6) is 5.75 Å². The van der Waals surface area contributed by atoms with Crippen molar-refractivity contribution in [1.29, 1.82) is 0 Å². The Morgan fingerprint density at radius 2 is 2.11 bits per heavy atom. The van der Waals surface area contributed by atoms with Crippen LogP contribution < -0.4 is 15.8 Å². The molecule has 1 aromatic rings. The molecule has 0 unspecified atom stereocenters. The van der Waals surface area contributed by atoms with Gasteiger partial charge < -0.3 is 20.7 Å². The quantitative estimate of drug-likeness (QED) is 0.806. The Morgan fingerprint density at radius 1 is 1.42 bits per heavy atom. The van der Waals surface area contributed by atoms with E-state index in [2.05, 4.69) is 12.2 Å². The molecule has 0 spiro atoms. The SMILES string of the molecule is COc1cc(NC(=O)N2CCC(C)CC2)ccc1N. The van der Waals surface area contributed by atoms with Crippen LogP contribution in [0, 0.1) is 5.92 Å². The number of carbonyl (C=O) groups excluding carboxylic acids is 1. The topological polar surface area (TPSA) is 67.6 Å². The lowest BCUT2D eigenvalue weighted by Crippen LogP contribution is -2.40. The minimum atomic E-state index is -0.0567. The molecule has 2 amide bonds. The summed E-state index contributed by atoms with van der Waals surface area (Å²) in [5, 5.41) is 2.88. The van der Waals surface area contributed by atoms with Crippen molar-refractivity contribution in [2.24, 2.45) is 5.92 Å². The fraction of sp³-hybridized carbons (Fsp3) is 0.500. The number of ether oxygens (including phenoxy) is 1. The summed E-state index contributed by atoms with van der Waals surface area (Å²) in [6.45, 7) is 3.86. The lowest BCUT2D eigenvalue weighted by atomic mass is 10.00. The molecule has 3 N–H and O–H groups in total. The Kier molecular flexibility index (Phi) is 4.14. The highest BCUT2D eigenvalue weighted by Gasteiger charge is 2.20. The number of methoxy groups -OCH3 is 1. The Hall–Kier alpha value is -1.91. The molecule has 1 heterocycles. The van der Waals surface area contributed by atoms with Crippen molar-refractivity contribution in [2.75, 3.05) is 31.2 Å². The second-order valence-electron chi connectivity index (χ2n) is 5.06. The number of piperidine rings is 1. The number of nitrogens with zero attached hydrogens (tertiary/aromatic N) is 1. The predicted molar refractivity (Wildman–Crippen MR) is 76.4 cm³/mol. The first kappa shape index (κ1) is 13.5. The molecular formula is C14H21N3O2. The summed E-state index contributed by atoms with van der Waals surface area (Å²) in [4.78, 5) is 14.0. The maximum atomic E-state index is 12.1. The Morgan fingerprint density at radius 3 is 2.74 bits per heavy atom. The van der Waals surface area contributed by atoms with E-state index >= 15 is 0 Å². The minimum absolute atomic E-state index is 0.0567. The largest absolute Gasteiger partial charge is 0.495 e. The first-order chi connectivity index (χ1) is 9.10. The van der Waals surface area contributed by atoms with Crippen LogP contribution in [0.3, 0.4) is 0 Å². The summed E-state index contributed by atoms with van der Waals surface area (Å²) < 4.78 is 5.14. The average molecular weight is 263 g/mol. The third kappa shape index (κ3) is 3.30. The second kappa shape index (κ2) is 5.82. The molecule has 2 rings (SSSR count). The van der Waals surface area contributed by atoms with Gasteiger partial charge in [0.2, 0.25) is 0 Å². The van der Waals surface area contributed by atoms with Gasteiger partial charge in [0.15, 0.2) is 0 Å². The van der Waals surface area contributed by atoms with E-state index in [1.807, 2.05) is 4.90 Å². The fourth-order valence-electron chi connectivity index (χ4n) is 2.20. The number of amides is 2. The highest BCUT2D eigenvalue weighted by molar-refractivity contribution is 5.90. The van der Waals surface area contributed by atoms with Crippen LogP contribution in [0.25, 0.3) is 0 Å². The van der Waals surface area contributed by atoms with Gasteiger partial charge >= 0.3 is 6.03 Å². The first-order valence-corrected chi connectivity index (χ1v) is 6.59. The average Bonchev–Trinajstić information content (AvgIpc) is 2.41. The molecule has 1 saturated heterocycles. The van der Waals surface area contributed by atoms with E-state index in [0.29, 0.717) is 23.0 Å². The molecular weight excluding hydrogens is 242 g/mol. The molecule has 1 aliphatic rings. The summed E-state index contributed by atoms with van der Waals surface area (Å²) in [5.74, 6) is 1.28. The standard InChI is InChI=1S/C14H21N3O2/c1-10-5-7-17(8-6-10)14(18)16-11-3-4-12(15)13(9-11)19-2/h3-4,9-10H,5-8,15H2,1-2H3,(H,16,18). The van der Waals surface area contributed by atoms with Gasteiger partial charge in [0.25, 0.3) is 0 Å². The van der Waals surface area contributed by atoms with Gasteiger partial charge in [-0.2, -0.15) is 0 Å². The molecule has 1 aliphatic heterocycles. The maximum Gasteiger partial charge on any atom is 0.321 e. The Balaban J connectivity index is 1.98. The van der Waals surface area contributed by atoms with Crippen molar-refractivity contribution < 1.29 is 9.53 Å². The fourth-order valence-corrected chi connectivity index (χ4v) is 2.20. The zero-order chi connectivity index (χ0) is 13.8. The number of rotatable bonds is 2. The highest BCUT2D eigenvalue weighted by atomic mass is 16.5. The number of urea groups is 1. The van der Waals surface area contributed by atoms with Crippen LogP contribution in [-0.2, 0) is 0 Å². The smallest absolute Gasteiger partial charge is 0.321 e. The van der Waals surface area contributed by atoms with E-state index in [1.165, 1.54) is 0 Å². The third-order valence-corrected chi connectivity index (χ3v) is 3.56. The van der Waals surface area contributed by atoms with Crippen molar-refractivity contribution in [3.8, 4) is 5.75 Å². The zero-order valence-electron chi connectivity index (χ0n) is 11.5. The van der Waals surface area contributed by atoms with Crippen LogP contribution in [-0.4, -0.2) is 31.1 Å². The van der Waals surface area contributed by atoms with Gasteiger partial charge in [-0.3, -0.25) is 0 Å². The van der Waals surface area contributed by atoms with Gasteiger partial charge in [0.1, 0.15) is 5.75 Å². The molecule has 1 fully saturated rings. The van der Waals surface area contributed by atoms with Crippen LogP contribution >= 0.6 is 0 Å². The van der Waals surface area contributed by atoms with E-state index in [0.717, 1.165) is 25.9 Å². The van der Waals surface area contributed by atoms with Gasteiger partial charge in [-0.25, -0.2) is 4.79 Å². The van der Waals surface area contributed by atoms with E-state index in [4.69, 9.17) is 10.5 Å². The number of hydrogen-bond donors (Lipinski definition) is 2. The monoisotopic (exact) mass is 263 g/mol. The number of benzene rings is 1. The molecule has 0 saturated carbocycles. The molecule has 0 aromatic heterocycles. The first-order valence-electron chi connectivity index (χ1n) is 6.59. The zero-order valence-corrected chi connectivity index (χ0v) is 11.5. The van der Waals surface area contributed by atoms with Gasteiger partial charge in [-0.1, -0.05) is 6.92 Å². The summed E-state index contributed by atoms with van der Waals surface area (Å²) in [6, 6.07) is 5.19. The number of anilines is 2. The summed E-state index contributed by atoms with van der Waals surface area (Å²) in [6.07, 6.45) is 2.14. The van der Waals surface area contributed by atoms with E-state index in [1.54, 1.807) is 25.3 Å². The molecule has 1 aromatic carbocycles.